The molecule has 2 aliphatic heterocycles. The van der Waals surface area contributed by atoms with Crippen LogP contribution in [0.1, 0.15) is 31.7 Å². The Morgan fingerprint density at radius 2 is 2.00 bits per heavy atom. The van der Waals surface area contributed by atoms with Gasteiger partial charge in [0.15, 0.2) is 5.78 Å². The van der Waals surface area contributed by atoms with E-state index in [2.05, 4.69) is 5.32 Å². The molecule has 2 atom stereocenters. The molecule has 1 aromatic rings. The van der Waals surface area contributed by atoms with Crippen molar-refractivity contribution < 1.29 is 22.8 Å². The van der Waals surface area contributed by atoms with E-state index in [-0.39, 0.29) is 12.3 Å². The van der Waals surface area contributed by atoms with Crippen molar-refractivity contribution in [2.75, 3.05) is 11.9 Å². The van der Waals surface area contributed by atoms with Crippen molar-refractivity contribution in [1.29, 1.82) is 0 Å². The Kier molecular flexibility index (Phi) is 3.30. The number of benzene rings is 1. The quantitative estimate of drug-likeness (QED) is 0.847. The summed E-state index contributed by atoms with van der Waals surface area (Å²) in [5.41, 5.74) is 2.27. The Hall–Kier alpha value is -2.31. The molecule has 1 N–H and O–H groups in total. The molecule has 0 unspecified atom stereocenters. The summed E-state index contributed by atoms with van der Waals surface area (Å²) in [6.07, 6.45) is -3.77. The summed E-state index contributed by atoms with van der Waals surface area (Å²) in [5.74, 6) is -1.86. The summed E-state index contributed by atoms with van der Waals surface area (Å²) in [6.45, 7) is 1.52. The Balaban J connectivity index is 1.88. The second-order valence-corrected chi connectivity index (χ2v) is 6.85. The summed E-state index contributed by atoms with van der Waals surface area (Å²) >= 11 is 0. The van der Waals surface area contributed by atoms with Crippen LogP contribution >= 0.6 is 0 Å². The van der Waals surface area contributed by atoms with Gasteiger partial charge in [0.25, 0.3) is 0 Å². The number of alkyl halides is 3. The van der Waals surface area contributed by atoms with Gasteiger partial charge in [0.05, 0.1) is 5.41 Å². The first kappa shape index (κ1) is 16.2. The summed E-state index contributed by atoms with van der Waals surface area (Å²) in [7, 11) is 0. The number of nitrogens with zero attached hydrogens (tertiary/aromatic N) is 1. The first-order valence-corrected chi connectivity index (χ1v) is 8.25. The first-order valence-electron chi connectivity index (χ1n) is 8.25. The third-order valence-electron chi connectivity index (χ3n) is 5.70. The number of anilines is 1. The largest absolute Gasteiger partial charge is 0.471 e. The van der Waals surface area contributed by atoms with Gasteiger partial charge < -0.3 is 10.2 Å². The molecular formula is C18H17F3N2O2. The van der Waals surface area contributed by atoms with Crippen molar-refractivity contribution >= 4 is 17.4 Å². The van der Waals surface area contributed by atoms with Gasteiger partial charge in [-0.25, -0.2) is 0 Å². The van der Waals surface area contributed by atoms with Gasteiger partial charge in [-0.3, -0.25) is 9.59 Å². The lowest BCUT2D eigenvalue weighted by Crippen LogP contribution is -2.51. The van der Waals surface area contributed by atoms with Crippen LogP contribution in [0.15, 0.2) is 35.5 Å². The highest BCUT2D eigenvalue weighted by Gasteiger charge is 2.61. The number of Topliss-reactive ketones (excluding diaryl/α,β-unsaturated/α-hetero) is 1. The van der Waals surface area contributed by atoms with Crippen molar-refractivity contribution in [3.8, 4) is 0 Å². The third kappa shape index (κ3) is 2.07. The molecule has 1 fully saturated rings. The lowest BCUT2D eigenvalue weighted by atomic mass is 9.67. The molecule has 2 heterocycles. The molecule has 1 spiro atoms. The molecule has 0 bridgehead atoms. The van der Waals surface area contributed by atoms with Gasteiger partial charge in [0.2, 0.25) is 0 Å². The molecule has 1 saturated heterocycles. The van der Waals surface area contributed by atoms with E-state index in [0.29, 0.717) is 30.5 Å². The number of hydrogen-bond acceptors (Lipinski definition) is 3. The molecule has 1 aliphatic carbocycles. The number of allylic oxidation sites excluding steroid dienone is 1. The van der Waals surface area contributed by atoms with Crippen LogP contribution in [0.4, 0.5) is 18.9 Å². The number of ketones is 1. The van der Waals surface area contributed by atoms with E-state index in [1.807, 2.05) is 24.3 Å². The number of likely N-dealkylation sites (tertiary alicyclic amines) is 1. The fourth-order valence-corrected chi connectivity index (χ4v) is 4.76. The number of amides is 1. The number of fused-ring (bicyclic) bond motifs is 1. The van der Waals surface area contributed by atoms with Crippen molar-refractivity contribution in [3.63, 3.8) is 0 Å². The minimum atomic E-state index is -4.89. The van der Waals surface area contributed by atoms with Gasteiger partial charge in [-0.1, -0.05) is 18.2 Å². The Morgan fingerprint density at radius 1 is 1.28 bits per heavy atom. The van der Waals surface area contributed by atoms with Crippen LogP contribution in [0.5, 0.6) is 0 Å². The fourth-order valence-electron chi connectivity index (χ4n) is 4.76. The molecule has 3 aliphatic rings. The standard InChI is InChI=1S/C18H17F3N2O2/c1-10(24)11-6-7-14-17(8-9-23(14)16(25)18(19,20)21)12-4-2-3-5-13(12)22-15(11)17/h2-5,14,22H,6-9H2,1H3/t14-,17+/m0/s1. The number of nitrogens with one attached hydrogen (secondary N) is 1. The number of halogens is 3. The van der Waals surface area contributed by atoms with Crippen LogP contribution < -0.4 is 5.32 Å². The molecule has 0 radical (unpaired) electrons. The van der Waals surface area contributed by atoms with E-state index in [0.717, 1.165) is 16.2 Å². The Labute approximate surface area is 142 Å². The molecule has 1 amide bonds. The monoisotopic (exact) mass is 350 g/mol. The molecular weight excluding hydrogens is 333 g/mol. The second-order valence-electron chi connectivity index (χ2n) is 6.85. The van der Waals surface area contributed by atoms with Crippen molar-refractivity contribution in [2.24, 2.45) is 0 Å². The lowest BCUT2D eigenvalue weighted by Gasteiger charge is -2.40. The van der Waals surface area contributed by atoms with E-state index >= 15 is 0 Å². The minimum absolute atomic E-state index is 0.0354. The van der Waals surface area contributed by atoms with Gasteiger partial charge in [0.1, 0.15) is 0 Å². The first-order chi connectivity index (χ1) is 11.8. The average molecular weight is 350 g/mol. The van der Waals surface area contributed by atoms with Crippen LogP contribution in [0.25, 0.3) is 0 Å². The molecule has 4 nitrogen and oxygen atoms in total. The van der Waals surface area contributed by atoms with Crippen LogP contribution in [-0.2, 0) is 15.0 Å². The zero-order valence-corrected chi connectivity index (χ0v) is 13.6. The zero-order valence-electron chi connectivity index (χ0n) is 13.6. The summed E-state index contributed by atoms with van der Waals surface area (Å²) in [4.78, 5) is 25.0. The van der Waals surface area contributed by atoms with Gasteiger partial charge in [-0.05, 0) is 37.8 Å². The smallest absolute Gasteiger partial charge is 0.358 e. The maximum absolute atomic E-state index is 13.0. The Morgan fingerprint density at radius 3 is 2.68 bits per heavy atom. The van der Waals surface area contributed by atoms with Crippen molar-refractivity contribution in [2.45, 2.75) is 43.8 Å². The van der Waals surface area contributed by atoms with E-state index in [1.54, 1.807) is 0 Å². The van der Waals surface area contributed by atoms with Crippen LogP contribution in [0.3, 0.4) is 0 Å². The number of carbonyl (C=O) groups excluding carboxylic acids is 2. The van der Waals surface area contributed by atoms with Crippen LogP contribution in [-0.4, -0.2) is 35.4 Å². The summed E-state index contributed by atoms with van der Waals surface area (Å²) in [5, 5.41) is 3.27. The number of rotatable bonds is 1. The van der Waals surface area contributed by atoms with Crippen LogP contribution in [0, 0.1) is 0 Å². The molecule has 132 valence electrons. The topological polar surface area (TPSA) is 49.4 Å². The van der Waals surface area contributed by atoms with E-state index in [4.69, 9.17) is 0 Å². The summed E-state index contributed by atoms with van der Waals surface area (Å²) in [6, 6.07) is 6.84. The van der Waals surface area contributed by atoms with E-state index < -0.39 is 23.5 Å². The molecule has 4 rings (SSSR count). The third-order valence-corrected chi connectivity index (χ3v) is 5.70. The highest BCUT2D eigenvalue weighted by molar-refractivity contribution is 5.97. The number of carbonyl (C=O) groups is 2. The summed E-state index contributed by atoms with van der Waals surface area (Å²) < 4.78 is 39.1. The van der Waals surface area contributed by atoms with Crippen molar-refractivity contribution in [3.05, 3.63) is 41.1 Å². The number of hydrogen-bond donors (Lipinski definition) is 1. The molecule has 7 heteroatoms. The maximum atomic E-state index is 13.0. The number of para-hydroxylation sites is 1. The van der Waals surface area contributed by atoms with E-state index in [1.165, 1.54) is 6.92 Å². The zero-order chi connectivity index (χ0) is 18.0. The van der Waals surface area contributed by atoms with Gasteiger partial charge in [0, 0.05) is 29.5 Å². The van der Waals surface area contributed by atoms with Gasteiger partial charge in [-0.15, -0.1) is 0 Å². The highest BCUT2D eigenvalue weighted by atomic mass is 19.4. The maximum Gasteiger partial charge on any atom is 0.471 e. The lowest BCUT2D eigenvalue weighted by molar-refractivity contribution is -0.186. The predicted molar refractivity (Wildman–Crippen MR) is 84.9 cm³/mol. The molecule has 1 aromatic carbocycles. The SMILES string of the molecule is CC(=O)C1=C2Nc3ccccc3[C@@]23CCN(C(=O)C(F)(F)F)[C@H]3CC1. The molecule has 0 saturated carbocycles. The normalized spacial score (nSPS) is 27.5. The van der Waals surface area contributed by atoms with Gasteiger partial charge in [-0.2, -0.15) is 13.2 Å². The minimum Gasteiger partial charge on any atom is -0.358 e. The predicted octanol–water partition coefficient (Wildman–Crippen LogP) is 3.15. The highest BCUT2D eigenvalue weighted by Crippen LogP contribution is 2.57. The Bertz CT molecular complexity index is 815. The van der Waals surface area contributed by atoms with Crippen molar-refractivity contribution in [1.82, 2.24) is 4.90 Å². The molecule has 25 heavy (non-hydrogen) atoms. The van der Waals surface area contributed by atoms with Gasteiger partial charge >= 0.3 is 12.1 Å². The molecule has 0 aromatic heterocycles. The second kappa shape index (κ2) is 5.09. The van der Waals surface area contributed by atoms with E-state index in [9.17, 15) is 22.8 Å². The van der Waals surface area contributed by atoms with Crippen LogP contribution in [0.2, 0.25) is 0 Å². The fraction of sp³-hybridized carbons (Fsp3) is 0.444. The average Bonchev–Trinajstić information content (AvgIpc) is 3.09.